The number of aromatic nitrogens is 2. The molecule has 0 aliphatic rings. The third kappa shape index (κ3) is 4.11. The molecule has 3 rings (SSSR count). The van der Waals surface area contributed by atoms with E-state index < -0.39 is 6.09 Å². The van der Waals surface area contributed by atoms with Gasteiger partial charge >= 0.3 is 6.09 Å². The first-order valence-electron chi connectivity index (χ1n) is 7.24. The number of nitrogens with zero attached hydrogens (tertiary/aromatic N) is 2. The van der Waals surface area contributed by atoms with Crippen LogP contribution in [0.15, 0.2) is 59.0 Å². The molecule has 0 radical (unpaired) electrons. The zero-order valence-electron chi connectivity index (χ0n) is 12.6. The number of nitrogens with one attached hydrogen (secondary N) is 1. The van der Waals surface area contributed by atoms with E-state index in [0.29, 0.717) is 16.5 Å². The number of rotatable bonds is 5. The summed E-state index contributed by atoms with van der Waals surface area (Å²) in [5.41, 5.74) is 1.55. The molecule has 7 heteroatoms. The van der Waals surface area contributed by atoms with Crippen molar-refractivity contribution in [1.82, 2.24) is 15.5 Å². The third-order valence-corrected chi connectivity index (χ3v) is 3.50. The van der Waals surface area contributed by atoms with Gasteiger partial charge in [-0.15, -0.1) is 10.2 Å². The number of carbonyl (C=O) groups excluding carboxylic acids is 1. The maximum Gasteiger partial charge on any atom is 0.407 e. The Bertz CT molecular complexity index is 821. The van der Waals surface area contributed by atoms with Crippen LogP contribution in [0, 0.1) is 0 Å². The Hall–Kier alpha value is -2.86. The first-order valence-corrected chi connectivity index (χ1v) is 7.62. The molecule has 0 aliphatic heterocycles. The zero-order valence-corrected chi connectivity index (χ0v) is 13.4. The average Bonchev–Trinajstić information content (AvgIpc) is 3.08. The monoisotopic (exact) mass is 343 g/mol. The Morgan fingerprint density at radius 2 is 1.83 bits per heavy atom. The van der Waals surface area contributed by atoms with Gasteiger partial charge < -0.3 is 14.5 Å². The minimum Gasteiger partial charge on any atom is -0.445 e. The summed E-state index contributed by atoms with van der Waals surface area (Å²) in [6.07, 6.45) is -0.559. The van der Waals surface area contributed by atoms with Gasteiger partial charge in [-0.2, -0.15) is 0 Å². The predicted octanol–water partition coefficient (Wildman–Crippen LogP) is 3.82. The number of hydrogen-bond donors (Lipinski definition) is 1. The second-order valence-electron chi connectivity index (χ2n) is 4.90. The van der Waals surface area contributed by atoms with Gasteiger partial charge in [0.1, 0.15) is 6.61 Å². The smallest absolute Gasteiger partial charge is 0.407 e. The maximum atomic E-state index is 11.7. The largest absolute Gasteiger partial charge is 0.445 e. The van der Waals surface area contributed by atoms with E-state index in [2.05, 4.69) is 15.5 Å². The molecule has 0 saturated heterocycles. The molecule has 0 atom stereocenters. The van der Waals surface area contributed by atoms with Crippen LogP contribution in [0.2, 0.25) is 5.02 Å². The van der Waals surface area contributed by atoms with Crippen molar-refractivity contribution in [2.24, 2.45) is 0 Å². The van der Waals surface area contributed by atoms with Gasteiger partial charge in [0.05, 0.1) is 17.1 Å². The summed E-state index contributed by atoms with van der Waals surface area (Å²) in [5.74, 6) is 0.566. The van der Waals surface area contributed by atoms with Crippen molar-refractivity contribution in [3.8, 4) is 11.5 Å². The van der Waals surface area contributed by atoms with E-state index in [4.69, 9.17) is 20.8 Å². The molecule has 0 bridgehead atoms. The first kappa shape index (κ1) is 16.0. The van der Waals surface area contributed by atoms with Crippen molar-refractivity contribution in [1.29, 1.82) is 0 Å². The first-order chi connectivity index (χ1) is 11.7. The number of benzene rings is 2. The minimum atomic E-state index is -0.559. The standard InChI is InChI=1S/C17H14ClN3O3/c18-14-9-5-4-8-13(14)16-21-20-15(24-16)10-19-17(22)23-11-12-6-2-1-3-7-12/h1-9H,10-11H2,(H,19,22). The summed E-state index contributed by atoms with van der Waals surface area (Å²) in [4.78, 5) is 11.7. The third-order valence-electron chi connectivity index (χ3n) is 3.17. The van der Waals surface area contributed by atoms with Crippen LogP contribution in [0.1, 0.15) is 11.5 Å². The topological polar surface area (TPSA) is 77.3 Å². The number of alkyl carbamates (subject to hydrolysis) is 1. The number of carbonyl (C=O) groups is 1. The Morgan fingerprint density at radius 3 is 2.62 bits per heavy atom. The Morgan fingerprint density at radius 1 is 1.08 bits per heavy atom. The molecule has 2 aromatic carbocycles. The van der Waals surface area contributed by atoms with Crippen LogP contribution in [0.4, 0.5) is 4.79 Å². The van der Waals surface area contributed by atoms with Gasteiger partial charge in [-0.1, -0.05) is 54.1 Å². The highest BCUT2D eigenvalue weighted by molar-refractivity contribution is 6.33. The SMILES string of the molecule is O=C(NCc1nnc(-c2ccccc2Cl)o1)OCc1ccccc1. The molecule has 0 spiro atoms. The number of hydrogen-bond acceptors (Lipinski definition) is 5. The van der Waals surface area contributed by atoms with Gasteiger partial charge in [-0.05, 0) is 17.7 Å². The van der Waals surface area contributed by atoms with E-state index in [0.717, 1.165) is 5.56 Å². The van der Waals surface area contributed by atoms with Gasteiger partial charge in [0.2, 0.25) is 11.8 Å². The number of halogens is 1. The van der Waals surface area contributed by atoms with Crippen LogP contribution in [0.5, 0.6) is 0 Å². The van der Waals surface area contributed by atoms with Crippen LogP contribution in [-0.2, 0) is 17.9 Å². The van der Waals surface area contributed by atoms with Crippen LogP contribution in [0.3, 0.4) is 0 Å². The molecule has 6 nitrogen and oxygen atoms in total. The minimum absolute atomic E-state index is 0.0745. The summed E-state index contributed by atoms with van der Waals surface area (Å²) in [6.45, 7) is 0.270. The molecule has 122 valence electrons. The fourth-order valence-electron chi connectivity index (χ4n) is 1.99. The van der Waals surface area contributed by atoms with Crippen molar-refractivity contribution in [2.75, 3.05) is 0 Å². The normalized spacial score (nSPS) is 10.4. The van der Waals surface area contributed by atoms with Gasteiger partial charge in [0.15, 0.2) is 0 Å². The quantitative estimate of drug-likeness (QED) is 0.762. The number of amides is 1. The molecule has 3 aromatic rings. The number of ether oxygens (including phenoxy) is 1. The molecule has 24 heavy (non-hydrogen) atoms. The summed E-state index contributed by atoms with van der Waals surface area (Å²) < 4.78 is 10.6. The maximum absolute atomic E-state index is 11.7. The van der Waals surface area contributed by atoms with Gasteiger partial charge in [-0.3, -0.25) is 0 Å². The van der Waals surface area contributed by atoms with E-state index >= 15 is 0 Å². The van der Waals surface area contributed by atoms with E-state index in [1.54, 1.807) is 12.1 Å². The molecular weight excluding hydrogens is 330 g/mol. The molecule has 1 N–H and O–H groups in total. The highest BCUT2D eigenvalue weighted by Crippen LogP contribution is 2.26. The fourth-order valence-corrected chi connectivity index (χ4v) is 2.21. The van der Waals surface area contributed by atoms with Crippen molar-refractivity contribution in [3.05, 3.63) is 71.1 Å². The lowest BCUT2D eigenvalue weighted by Crippen LogP contribution is -2.23. The summed E-state index contributed by atoms with van der Waals surface area (Å²) in [5, 5.41) is 10.9. The lowest BCUT2D eigenvalue weighted by molar-refractivity contribution is 0.138. The molecule has 0 unspecified atom stereocenters. The second kappa shape index (κ2) is 7.61. The van der Waals surface area contributed by atoms with Crippen LogP contribution in [-0.4, -0.2) is 16.3 Å². The Labute approximate surface area is 143 Å². The molecule has 1 aromatic heterocycles. The Balaban J connectivity index is 1.52. The second-order valence-corrected chi connectivity index (χ2v) is 5.30. The van der Waals surface area contributed by atoms with E-state index in [1.807, 2.05) is 42.5 Å². The van der Waals surface area contributed by atoms with Gasteiger partial charge in [0.25, 0.3) is 0 Å². The average molecular weight is 344 g/mol. The van der Waals surface area contributed by atoms with E-state index in [9.17, 15) is 4.79 Å². The molecule has 1 heterocycles. The summed E-state index contributed by atoms with van der Waals surface area (Å²) in [7, 11) is 0. The van der Waals surface area contributed by atoms with Crippen LogP contribution < -0.4 is 5.32 Å². The van der Waals surface area contributed by atoms with Crippen molar-refractivity contribution < 1.29 is 13.9 Å². The lowest BCUT2D eigenvalue weighted by atomic mass is 10.2. The van der Waals surface area contributed by atoms with Crippen molar-refractivity contribution >= 4 is 17.7 Å². The van der Waals surface area contributed by atoms with Gasteiger partial charge in [0, 0.05) is 0 Å². The lowest BCUT2D eigenvalue weighted by Gasteiger charge is -2.05. The van der Waals surface area contributed by atoms with E-state index in [1.165, 1.54) is 0 Å². The molecule has 0 fully saturated rings. The fraction of sp³-hybridized carbons (Fsp3) is 0.118. The van der Waals surface area contributed by atoms with Crippen LogP contribution >= 0.6 is 11.6 Å². The van der Waals surface area contributed by atoms with Crippen molar-refractivity contribution in [3.63, 3.8) is 0 Å². The van der Waals surface area contributed by atoms with Gasteiger partial charge in [-0.25, -0.2) is 4.79 Å². The van der Waals surface area contributed by atoms with Crippen LogP contribution in [0.25, 0.3) is 11.5 Å². The molecular formula is C17H14ClN3O3. The van der Waals surface area contributed by atoms with Crippen molar-refractivity contribution in [2.45, 2.75) is 13.2 Å². The highest BCUT2D eigenvalue weighted by Gasteiger charge is 2.12. The van der Waals surface area contributed by atoms with E-state index in [-0.39, 0.29) is 19.0 Å². The Kier molecular flexibility index (Phi) is 5.08. The molecule has 0 saturated carbocycles. The predicted molar refractivity (Wildman–Crippen MR) is 88.2 cm³/mol. The molecule has 1 amide bonds. The summed E-state index contributed by atoms with van der Waals surface area (Å²) >= 11 is 6.08. The highest BCUT2D eigenvalue weighted by atomic mass is 35.5. The molecule has 0 aliphatic carbocycles. The zero-order chi connectivity index (χ0) is 16.8. The summed E-state index contributed by atoms with van der Waals surface area (Å²) in [6, 6.07) is 16.6.